The van der Waals surface area contributed by atoms with E-state index in [1.54, 1.807) is 23.5 Å². The van der Waals surface area contributed by atoms with E-state index in [0.29, 0.717) is 0 Å². The monoisotopic (exact) mass is 289 g/mol. The molecule has 0 aliphatic carbocycles. The number of nitrogens with zero attached hydrogens (tertiary/aromatic N) is 1. The van der Waals surface area contributed by atoms with Gasteiger partial charge in [0.2, 0.25) is 0 Å². The van der Waals surface area contributed by atoms with Gasteiger partial charge >= 0.3 is 0 Å². The van der Waals surface area contributed by atoms with Crippen molar-refractivity contribution in [1.29, 1.82) is 0 Å². The number of thioether (sulfide) groups is 2. The Morgan fingerprint density at radius 3 is 1.58 bits per heavy atom. The van der Waals surface area contributed by atoms with Gasteiger partial charge in [-0.15, -0.1) is 23.5 Å². The largest absolute Gasteiger partial charge is 0.150 e. The molecule has 2 rings (SSSR count). The maximum absolute atomic E-state index is 10.9. The summed E-state index contributed by atoms with van der Waals surface area (Å²) in [5.74, 6) is 1.46. The first-order chi connectivity index (χ1) is 9.38. The molecule has 0 amide bonds. The van der Waals surface area contributed by atoms with E-state index < -0.39 is 0 Å². The maximum atomic E-state index is 10.9. The van der Waals surface area contributed by atoms with Gasteiger partial charge in [-0.2, -0.15) is 4.91 Å². The van der Waals surface area contributed by atoms with Gasteiger partial charge in [0.1, 0.15) is 6.04 Å². The number of nitroso groups, excluding NO2 is 1. The summed E-state index contributed by atoms with van der Waals surface area (Å²) >= 11 is 3.36. The van der Waals surface area contributed by atoms with Crippen LogP contribution in [0.15, 0.2) is 75.6 Å². The van der Waals surface area contributed by atoms with Crippen molar-refractivity contribution in [3.63, 3.8) is 0 Å². The van der Waals surface area contributed by atoms with Crippen LogP contribution < -0.4 is 0 Å². The second-order valence-electron chi connectivity index (χ2n) is 4.01. The summed E-state index contributed by atoms with van der Waals surface area (Å²) in [6.07, 6.45) is 0. The predicted octanol–water partition coefficient (Wildman–Crippen LogP) is 4.71. The van der Waals surface area contributed by atoms with Gasteiger partial charge in [-0.3, -0.25) is 0 Å². The summed E-state index contributed by atoms with van der Waals surface area (Å²) in [7, 11) is 0. The zero-order valence-corrected chi connectivity index (χ0v) is 12.1. The van der Waals surface area contributed by atoms with Gasteiger partial charge in [0.05, 0.1) is 0 Å². The van der Waals surface area contributed by atoms with Crippen molar-refractivity contribution < 1.29 is 0 Å². The van der Waals surface area contributed by atoms with Gasteiger partial charge in [-0.25, -0.2) is 0 Å². The van der Waals surface area contributed by atoms with Crippen LogP contribution in [-0.2, 0) is 0 Å². The Morgan fingerprint density at radius 1 is 0.789 bits per heavy atom. The van der Waals surface area contributed by atoms with Crippen molar-refractivity contribution in [2.45, 2.75) is 15.8 Å². The molecule has 2 aromatic rings. The standard InChI is InChI=1S/C15H15NOS2/c17-16-13(11-18-14-7-3-1-4-8-14)12-19-15-9-5-2-6-10-15/h1-10,13H,11-12H2. The molecule has 0 aromatic heterocycles. The molecule has 0 atom stereocenters. The van der Waals surface area contributed by atoms with E-state index in [1.807, 2.05) is 36.4 Å². The Bertz CT molecular complexity index is 447. The fourth-order valence-corrected chi connectivity index (χ4v) is 3.50. The van der Waals surface area contributed by atoms with Crippen molar-refractivity contribution in [3.8, 4) is 0 Å². The smallest absolute Gasteiger partial charge is 0.111 e. The lowest BCUT2D eigenvalue weighted by atomic mass is 10.4. The van der Waals surface area contributed by atoms with E-state index in [0.717, 1.165) is 11.5 Å². The van der Waals surface area contributed by atoms with E-state index in [-0.39, 0.29) is 6.04 Å². The lowest BCUT2D eigenvalue weighted by Gasteiger charge is -2.08. The molecule has 0 heterocycles. The summed E-state index contributed by atoms with van der Waals surface area (Å²) in [5.41, 5.74) is 0. The van der Waals surface area contributed by atoms with Crippen LogP contribution in [0.2, 0.25) is 0 Å². The van der Waals surface area contributed by atoms with E-state index in [2.05, 4.69) is 29.4 Å². The molecule has 98 valence electrons. The van der Waals surface area contributed by atoms with Crippen LogP contribution in [0.3, 0.4) is 0 Å². The van der Waals surface area contributed by atoms with Crippen LogP contribution in [0, 0.1) is 4.91 Å². The van der Waals surface area contributed by atoms with Crippen LogP contribution in [0.4, 0.5) is 0 Å². The highest BCUT2D eigenvalue weighted by Gasteiger charge is 2.10. The predicted molar refractivity (Wildman–Crippen MR) is 83.9 cm³/mol. The highest BCUT2D eigenvalue weighted by atomic mass is 32.2. The van der Waals surface area contributed by atoms with Crippen LogP contribution in [-0.4, -0.2) is 17.5 Å². The minimum absolute atomic E-state index is 0.157. The average molecular weight is 289 g/mol. The molecule has 0 fully saturated rings. The molecular formula is C15H15NOS2. The molecule has 0 saturated carbocycles. The van der Waals surface area contributed by atoms with Crippen molar-refractivity contribution in [2.24, 2.45) is 5.18 Å². The SMILES string of the molecule is O=NC(CSc1ccccc1)CSc1ccccc1. The first-order valence-corrected chi connectivity index (χ1v) is 8.04. The molecule has 0 spiro atoms. The topological polar surface area (TPSA) is 29.4 Å². The molecule has 0 radical (unpaired) electrons. The molecule has 0 bridgehead atoms. The van der Waals surface area contributed by atoms with Gasteiger partial charge in [-0.1, -0.05) is 41.6 Å². The van der Waals surface area contributed by atoms with Crippen molar-refractivity contribution in [3.05, 3.63) is 65.6 Å². The molecule has 0 aliphatic rings. The molecule has 0 N–H and O–H groups in total. The van der Waals surface area contributed by atoms with Gasteiger partial charge < -0.3 is 0 Å². The quantitative estimate of drug-likeness (QED) is 0.546. The Hall–Kier alpha value is -1.26. The zero-order valence-electron chi connectivity index (χ0n) is 10.4. The Kier molecular flexibility index (Phi) is 5.98. The summed E-state index contributed by atoms with van der Waals surface area (Å²) in [4.78, 5) is 13.2. The Morgan fingerprint density at radius 2 is 1.21 bits per heavy atom. The lowest BCUT2D eigenvalue weighted by Crippen LogP contribution is -2.10. The third kappa shape index (κ3) is 5.09. The minimum Gasteiger partial charge on any atom is -0.150 e. The molecule has 2 nitrogen and oxygen atoms in total. The molecule has 4 heteroatoms. The molecule has 0 saturated heterocycles. The summed E-state index contributed by atoms with van der Waals surface area (Å²) < 4.78 is 0. The second kappa shape index (κ2) is 8.02. The lowest BCUT2D eigenvalue weighted by molar-refractivity contribution is 0.852. The van der Waals surface area contributed by atoms with E-state index in [4.69, 9.17) is 0 Å². The van der Waals surface area contributed by atoms with Gasteiger partial charge in [-0.05, 0) is 24.3 Å². The van der Waals surface area contributed by atoms with Crippen molar-refractivity contribution in [2.75, 3.05) is 11.5 Å². The Balaban J connectivity index is 1.79. The molecular weight excluding hydrogens is 274 g/mol. The normalized spacial score (nSPS) is 10.6. The van der Waals surface area contributed by atoms with Crippen LogP contribution >= 0.6 is 23.5 Å². The fourth-order valence-electron chi connectivity index (χ4n) is 1.53. The highest BCUT2D eigenvalue weighted by molar-refractivity contribution is 8.00. The number of rotatable bonds is 7. The number of hydrogen-bond donors (Lipinski definition) is 0. The molecule has 0 unspecified atom stereocenters. The van der Waals surface area contributed by atoms with Crippen LogP contribution in [0.5, 0.6) is 0 Å². The molecule has 2 aromatic carbocycles. The van der Waals surface area contributed by atoms with E-state index >= 15 is 0 Å². The first kappa shape index (κ1) is 14.2. The van der Waals surface area contributed by atoms with Crippen LogP contribution in [0.25, 0.3) is 0 Å². The summed E-state index contributed by atoms with van der Waals surface area (Å²) in [5, 5.41) is 3.23. The fraction of sp³-hybridized carbons (Fsp3) is 0.200. The summed E-state index contributed by atoms with van der Waals surface area (Å²) in [6.45, 7) is 0. The minimum atomic E-state index is -0.157. The number of hydrogen-bond acceptors (Lipinski definition) is 4. The number of benzene rings is 2. The molecule has 19 heavy (non-hydrogen) atoms. The zero-order chi connectivity index (χ0) is 13.3. The third-order valence-electron chi connectivity index (χ3n) is 2.52. The van der Waals surface area contributed by atoms with E-state index in [9.17, 15) is 4.91 Å². The highest BCUT2D eigenvalue weighted by Crippen LogP contribution is 2.23. The van der Waals surface area contributed by atoms with Crippen LogP contribution in [0.1, 0.15) is 0 Å². The third-order valence-corrected chi connectivity index (χ3v) is 4.83. The molecule has 0 aliphatic heterocycles. The van der Waals surface area contributed by atoms with Crippen molar-refractivity contribution in [1.82, 2.24) is 0 Å². The van der Waals surface area contributed by atoms with E-state index in [1.165, 1.54) is 9.79 Å². The van der Waals surface area contributed by atoms with Crippen molar-refractivity contribution >= 4 is 23.5 Å². The van der Waals surface area contributed by atoms with Gasteiger partial charge in [0, 0.05) is 21.3 Å². The van der Waals surface area contributed by atoms with Gasteiger partial charge in [0.15, 0.2) is 0 Å². The Labute approximate surface area is 122 Å². The average Bonchev–Trinajstić information content (AvgIpc) is 2.49. The maximum Gasteiger partial charge on any atom is 0.111 e. The first-order valence-electron chi connectivity index (χ1n) is 6.06. The summed E-state index contributed by atoms with van der Waals surface area (Å²) in [6, 6.07) is 20.1. The van der Waals surface area contributed by atoms with Gasteiger partial charge in [0.25, 0.3) is 0 Å². The second-order valence-corrected chi connectivity index (χ2v) is 6.19.